The Balaban J connectivity index is 2.36. The molecule has 2 N–H and O–H groups in total. The van der Waals surface area contributed by atoms with E-state index in [9.17, 15) is 4.79 Å². The number of halogens is 1. The van der Waals surface area contributed by atoms with Crippen molar-refractivity contribution < 1.29 is 4.79 Å². The van der Waals surface area contributed by atoms with E-state index in [0.29, 0.717) is 29.8 Å². The highest BCUT2D eigenvalue weighted by molar-refractivity contribution is 6.43. The van der Waals surface area contributed by atoms with E-state index in [2.05, 4.69) is 15.8 Å². The van der Waals surface area contributed by atoms with Crippen molar-refractivity contribution >= 4 is 23.3 Å². The number of carbonyl (C=O) groups excluding carboxylic acids is 1. The minimum Gasteiger partial charge on any atom is -0.281 e. The first kappa shape index (κ1) is 13.0. The molecule has 1 aliphatic carbocycles. The molecule has 0 spiro atoms. The Labute approximate surface area is 101 Å². The number of allylic oxidation sites excluding steroid dienone is 1. The zero-order valence-corrected chi connectivity index (χ0v) is 10.5. The van der Waals surface area contributed by atoms with Crippen LogP contribution in [-0.4, -0.2) is 18.3 Å². The van der Waals surface area contributed by atoms with Crippen LogP contribution in [0, 0.1) is 5.92 Å². The zero-order chi connectivity index (χ0) is 12.0. The van der Waals surface area contributed by atoms with E-state index >= 15 is 0 Å². The lowest BCUT2D eigenvalue weighted by atomic mass is 10.3. The fraction of sp³-hybridized carbons (Fsp3) is 0.636. The second kappa shape index (κ2) is 6.53. The molecular weight excluding hydrogens is 226 g/mol. The molecule has 0 aromatic rings. The van der Waals surface area contributed by atoms with Crippen molar-refractivity contribution in [3.05, 3.63) is 11.1 Å². The Bertz CT molecular complexity index is 308. The maximum Gasteiger partial charge on any atom is 0.238 e. The van der Waals surface area contributed by atoms with Gasteiger partial charge in [0.1, 0.15) is 0 Å². The average molecular weight is 244 g/mol. The Kier molecular flexibility index (Phi) is 5.32. The lowest BCUT2D eigenvalue weighted by Gasteiger charge is -2.10. The molecule has 0 radical (unpaired) electrons. The molecule has 0 saturated heterocycles. The first-order valence-electron chi connectivity index (χ1n) is 5.58. The fourth-order valence-corrected chi connectivity index (χ4v) is 1.34. The van der Waals surface area contributed by atoms with E-state index in [-0.39, 0.29) is 5.91 Å². The summed E-state index contributed by atoms with van der Waals surface area (Å²) in [6.07, 6.45) is 4.65. The second-order valence-corrected chi connectivity index (χ2v) is 4.19. The maximum absolute atomic E-state index is 11.4. The van der Waals surface area contributed by atoms with Crippen LogP contribution in [0.5, 0.6) is 0 Å². The first-order valence-corrected chi connectivity index (χ1v) is 5.96. The Hall–Kier alpha value is -1.03. The molecule has 0 unspecified atom stereocenters. The van der Waals surface area contributed by atoms with E-state index in [0.717, 1.165) is 0 Å². The SMILES string of the molecule is CC=C(Cl)C(=NCC)NNC(=O)CC1CC1. The van der Waals surface area contributed by atoms with Crippen LogP contribution in [0.1, 0.15) is 33.1 Å². The van der Waals surface area contributed by atoms with Crippen molar-refractivity contribution in [1.82, 2.24) is 10.9 Å². The molecule has 0 heterocycles. The van der Waals surface area contributed by atoms with E-state index in [1.165, 1.54) is 12.8 Å². The number of amidine groups is 1. The highest BCUT2D eigenvalue weighted by atomic mass is 35.5. The van der Waals surface area contributed by atoms with Crippen LogP contribution in [0.25, 0.3) is 0 Å². The van der Waals surface area contributed by atoms with Gasteiger partial charge in [0, 0.05) is 13.0 Å². The highest BCUT2D eigenvalue weighted by Crippen LogP contribution is 2.31. The number of rotatable bonds is 4. The van der Waals surface area contributed by atoms with Crippen molar-refractivity contribution in [2.24, 2.45) is 10.9 Å². The van der Waals surface area contributed by atoms with Gasteiger partial charge in [-0.1, -0.05) is 17.7 Å². The van der Waals surface area contributed by atoms with Gasteiger partial charge in [-0.25, -0.2) is 0 Å². The van der Waals surface area contributed by atoms with Crippen LogP contribution < -0.4 is 10.9 Å². The monoisotopic (exact) mass is 243 g/mol. The summed E-state index contributed by atoms with van der Waals surface area (Å²) in [6, 6.07) is 0. The molecule has 0 aromatic heterocycles. The third-order valence-electron chi connectivity index (χ3n) is 2.29. The van der Waals surface area contributed by atoms with Crippen LogP contribution in [-0.2, 0) is 4.79 Å². The van der Waals surface area contributed by atoms with Crippen LogP contribution in [0.4, 0.5) is 0 Å². The molecular formula is C11H18ClN3O. The molecule has 1 aliphatic rings. The number of aliphatic imine (C=N–C) groups is 1. The Morgan fingerprint density at radius 1 is 1.50 bits per heavy atom. The van der Waals surface area contributed by atoms with E-state index in [1.807, 2.05) is 13.8 Å². The van der Waals surface area contributed by atoms with Crippen molar-refractivity contribution in [3.63, 3.8) is 0 Å². The standard InChI is InChI=1S/C11H18ClN3O/c1-3-9(12)11(13-4-2)15-14-10(16)7-8-5-6-8/h3,8H,4-7H2,1-2H3,(H,13,15)(H,14,16). The van der Waals surface area contributed by atoms with Crippen molar-refractivity contribution in [1.29, 1.82) is 0 Å². The molecule has 5 heteroatoms. The summed E-state index contributed by atoms with van der Waals surface area (Å²) in [7, 11) is 0. The van der Waals surface area contributed by atoms with Gasteiger partial charge in [0.05, 0.1) is 5.03 Å². The summed E-state index contributed by atoms with van der Waals surface area (Å²) in [4.78, 5) is 15.6. The Morgan fingerprint density at radius 3 is 2.69 bits per heavy atom. The van der Waals surface area contributed by atoms with E-state index in [1.54, 1.807) is 6.08 Å². The van der Waals surface area contributed by atoms with E-state index in [4.69, 9.17) is 11.6 Å². The van der Waals surface area contributed by atoms with Gasteiger partial charge < -0.3 is 0 Å². The molecule has 0 bridgehead atoms. The first-order chi connectivity index (χ1) is 7.67. The topological polar surface area (TPSA) is 53.5 Å². The Morgan fingerprint density at radius 2 is 2.19 bits per heavy atom. The zero-order valence-electron chi connectivity index (χ0n) is 9.72. The number of nitrogens with zero attached hydrogens (tertiary/aromatic N) is 1. The second-order valence-electron chi connectivity index (χ2n) is 3.78. The molecule has 1 saturated carbocycles. The number of hydrogen-bond donors (Lipinski definition) is 2. The molecule has 16 heavy (non-hydrogen) atoms. The normalized spacial score (nSPS) is 17.2. The van der Waals surface area contributed by atoms with Crippen LogP contribution in [0.2, 0.25) is 0 Å². The summed E-state index contributed by atoms with van der Waals surface area (Å²) in [5, 5.41) is 0.508. The van der Waals surface area contributed by atoms with Gasteiger partial charge in [-0.15, -0.1) is 0 Å². The van der Waals surface area contributed by atoms with Gasteiger partial charge in [0.15, 0.2) is 5.84 Å². The minimum atomic E-state index is -0.00753. The molecule has 1 amide bonds. The van der Waals surface area contributed by atoms with E-state index < -0.39 is 0 Å². The largest absolute Gasteiger partial charge is 0.281 e. The minimum absolute atomic E-state index is 0.00753. The van der Waals surface area contributed by atoms with Crippen molar-refractivity contribution in [2.75, 3.05) is 6.54 Å². The number of carbonyl (C=O) groups is 1. The smallest absolute Gasteiger partial charge is 0.238 e. The number of hydrazine groups is 1. The van der Waals surface area contributed by atoms with Gasteiger partial charge in [-0.05, 0) is 32.6 Å². The molecule has 0 atom stereocenters. The van der Waals surface area contributed by atoms with Crippen molar-refractivity contribution in [2.45, 2.75) is 33.1 Å². The van der Waals surface area contributed by atoms with Gasteiger partial charge in [-0.3, -0.25) is 20.6 Å². The predicted octanol–water partition coefficient (Wildman–Crippen LogP) is 1.97. The molecule has 0 aliphatic heterocycles. The fourth-order valence-electron chi connectivity index (χ4n) is 1.23. The quantitative estimate of drug-likeness (QED) is 0.451. The molecule has 4 nitrogen and oxygen atoms in total. The number of amides is 1. The third kappa shape index (κ3) is 4.66. The van der Waals surface area contributed by atoms with Gasteiger partial charge >= 0.3 is 0 Å². The molecule has 1 rings (SSSR count). The molecule has 1 fully saturated rings. The predicted molar refractivity (Wildman–Crippen MR) is 66.2 cm³/mol. The van der Waals surface area contributed by atoms with Crippen LogP contribution in [0.15, 0.2) is 16.1 Å². The van der Waals surface area contributed by atoms with Crippen molar-refractivity contribution in [3.8, 4) is 0 Å². The summed E-state index contributed by atoms with van der Waals surface area (Å²) >= 11 is 5.93. The lowest BCUT2D eigenvalue weighted by Crippen LogP contribution is -2.42. The summed E-state index contributed by atoms with van der Waals surface area (Å²) in [6.45, 7) is 4.35. The lowest BCUT2D eigenvalue weighted by molar-refractivity contribution is -0.121. The summed E-state index contributed by atoms with van der Waals surface area (Å²) < 4.78 is 0. The molecule has 90 valence electrons. The number of nitrogens with one attached hydrogen (secondary N) is 2. The highest BCUT2D eigenvalue weighted by Gasteiger charge is 2.24. The summed E-state index contributed by atoms with van der Waals surface area (Å²) in [5.41, 5.74) is 5.36. The molecule has 0 aromatic carbocycles. The third-order valence-corrected chi connectivity index (χ3v) is 2.68. The number of hydrogen-bond acceptors (Lipinski definition) is 2. The van der Waals surface area contributed by atoms with Gasteiger partial charge in [0.2, 0.25) is 5.91 Å². The van der Waals surface area contributed by atoms with Gasteiger partial charge in [-0.2, -0.15) is 0 Å². The summed E-state index contributed by atoms with van der Waals surface area (Å²) in [5.74, 6) is 1.08. The van der Waals surface area contributed by atoms with Crippen LogP contribution in [0.3, 0.4) is 0 Å². The maximum atomic E-state index is 11.4. The van der Waals surface area contributed by atoms with Crippen LogP contribution >= 0.6 is 11.6 Å². The van der Waals surface area contributed by atoms with Gasteiger partial charge in [0.25, 0.3) is 0 Å². The average Bonchev–Trinajstić information content (AvgIpc) is 3.07.